The van der Waals surface area contributed by atoms with Gasteiger partial charge in [-0.15, -0.1) is 0 Å². The third-order valence-corrected chi connectivity index (χ3v) is 3.35. The fourth-order valence-corrected chi connectivity index (χ4v) is 2.28. The van der Waals surface area contributed by atoms with Crippen LogP contribution in [0.3, 0.4) is 0 Å². The van der Waals surface area contributed by atoms with Gasteiger partial charge in [-0.1, -0.05) is 0 Å². The molecule has 6 heteroatoms. The first-order valence-electron chi connectivity index (χ1n) is 6.02. The van der Waals surface area contributed by atoms with Gasteiger partial charge in [0.25, 0.3) is 0 Å². The number of hydrogen-bond donors (Lipinski definition) is 2. The molecule has 0 bridgehead atoms. The van der Waals surface area contributed by atoms with Gasteiger partial charge in [0, 0.05) is 39.7 Å². The monoisotopic (exact) mass is 241 g/mol. The van der Waals surface area contributed by atoms with Crippen molar-refractivity contribution in [2.45, 2.75) is 25.0 Å². The van der Waals surface area contributed by atoms with Crippen LogP contribution < -0.4 is 10.6 Å². The fraction of sp³-hybridized carbons (Fsp3) is 0.818. The van der Waals surface area contributed by atoms with Crippen molar-refractivity contribution in [2.24, 2.45) is 0 Å². The highest BCUT2D eigenvalue weighted by molar-refractivity contribution is 5.84. The first kappa shape index (κ1) is 12.3. The normalized spacial score (nSPS) is 29.9. The zero-order valence-corrected chi connectivity index (χ0v) is 10.1. The van der Waals surface area contributed by atoms with Crippen molar-refractivity contribution >= 4 is 11.8 Å². The summed E-state index contributed by atoms with van der Waals surface area (Å²) < 4.78 is 5.22. The summed E-state index contributed by atoms with van der Waals surface area (Å²) >= 11 is 0. The molecule has 0 aliphatic carbocycles. The highest BCUT2D eigenvalue weighted by Gasteiger charge is 2.32. The van der Waals surface area contributed by atoms with Crippen LogP contribution in [0.2, 0.25) is 0 Å². The SMILES string of the molecule is COC1CNC(C(=O)N2CCNC(=O)CC2)C1. The van der Waals surface area contributed by atoms with E-state index in [4.69, 9.17) is 4.74 Å². The van der Waals surface area contributed by atoms with E-state index in [-0.39, 0.29) is 24.0 Å². The van der Waals surface area contributed by atoms with Crippen molar-refractivity contribution in [2.75, 3.05) is 33.3 Å². The third kappa shape index (κ3) is 2.95. The third-order valence-electron chi connectivity index (χ3n) is 3.35. The zero-order chi connectivity index (χ0) is 12.3. The first-order chi connectivity index (χ1) is 8.20. The van der Waals surface area contributed by atoms with Crippen molar-refractivity contribution in [3.63, 3.8) is 0 Å². The molecule has 96 valence electrons. The molecular weight excluding hydrogens is 222 g/mol. The summed E-state index contributed by atoms with van der Waals surface area (Å²) in [5, 5.41) is 5.93. The summed E-state index contributed by atoms with van der Waals surface area (Å²) in [6.07, 6.45) is 1.23. The van der Waals surface area contributed by atoms with E-state index in [0.29, 0.717) is 32.5 Å². The molecule has 0 saturated carbocycles. The molecule has 6 nitrogen and oxygen atoms in total. The van der Waals surface area contributed by atoms with Crippen molar-refractivity contribution in [1.29, 1.82) is 0 Å². The zero-order valence-electron chi connectivity index (χ0n) is 10.1. The average molecular weight is 241 g/mol. The minimum atomic E-state index is -0.159. The molecule has 17 heavy (non-hydrogen) atoms. The van der Waals surface area contributed by atoms with E-state index in [0.717, 1.165) is 6.54 Å². The van der Waals surface area contributed by atoms with E-state index in [9.17, 15) is 9.59 Å². The summed E-state index contributed by atoms with van der Waals surface area (Å²) in [6.45, 7) is 2.38. The number of nitrogens with zero attached hydrogens (tertiary/aromatic N) is 1. The molecule has 2 rings (SSSR count). The van der Waals surface area contributed by atoms with Crippen LogP contribution in [-0.2, 0) is 14.3 Å². The molecule has 2 aliphatic rings. The summed E-state index contributed by atoms with van der Waals surface area (Å²) in [5.74, 6) is 0.107. The Labute approximate surface area is 101 Å². The number of nitrogens with one attached hydrogen (secondary N) is 2. The quantitative estimate of drug-likeness (QED) is 0.631. The Morgan fingerprint density at radius 2 is 2.29 bits per heavy atom. The minimum absolute atomic E-state index is 0.0226. The molecule has 0 radical (unpaired) electrons. The van der Waals surface area contributed by atoms with Crippen LogP contribution in [0.15, 0.2) is 0 Å². The Bertz CT molecular complexity index is 308. The van der Waals surface area contributed by atoms with Crippen LogP contribution in [0.5, 0.6) is 0 Å². The van der Waals surface area contributed by atoms with Crippen LogP contribution in [0.25, 0.3) is 0 Å². The van der Waals surface area contributed by atoms with Gasteiger partial charge in [0.2, 0.25) is 11.8 Å². The maximum atomic E-state index is 12.2. The number of carbonyl (C=O) groups is 2. The second kappa shape index (κ2) is 5.46. The van der Waals surface area contributed by atoms with E-state index in [1.165, 1.54) is 0 Å². The predicted octanol–water partition coefficient (Wildman–Crippen LogP) is -1.29. The van der Waals surface area contributed by atoms with Gasteiger partial charge < -0.3 is 20.3 Å². The summed E-state index contributed by atoms with van der Waals surface area (Å²) in [6, 6.07) is -0.159. The number of rotatable bonds is 2. The lowest BCUT2D eigenvalue weighted by atomic mass is 10.1. The van der Waals surface area contributed by atoms with Crippen LogP contribution >= 0.6 is 0 Å². The molecule has 2 atom stereocenters. The fourth-order valence-electron chi connectivity index (χ4n) is 2.28. The van der Waals surface area contributed by atoms with E-state index in [1.807, 2.05) is 0 Å². The lowest BCUT2D eigenvalue weighted by molar-refractivity contribution is -0.133. The van der Waals surface area contributed by atoms with Gasteiger partial charge in [-0.3, -0.25) is 9.59 Å². The predicted molar refractivity (Wildman–Crippen MR) is 61.4 cm³/mol. The van der Waals surface area contributed by atoms with E-state index < -0.39 is 0 Å². The number of amides is 2. The van der Waals surface area contributed by atoms with Gasteiger partial charge in [-0.05, 0) is 6.42 Å². The van der Waals surface area contributed by atoms with Crippen molar-refractivity contribution < 1.29 is 14.3 Å². The van der Waals surface area contributed by atoms with E-state index in [2.05, 4.69) is 10.6 Å². The average Bonchev–Trinajstić information content (AvgIpc) is 2.71. The topological polar surface area (TPSA) is 70.7 Å². The summed E-state index contributed by atoms with van der Waals surface area (Å²) in [4.78, 5) is 25.1. The van der Waals surface area contributed by atoms with Crippen LogP contribution in [-0.4, -0.2) is 62.1 Å². The van der Waals surface area contributed by atoms with Crippen molar-refractivity contribution in [3.05, 3.63) is 0 Å². The second-order valence-corrected chi connectivity index (χ2v) is 4.48. The Morgan fingerprint density at radius 1 is 1.47 bits per heavy atom. The molecule has 2 aliphatic heterocycles. The minimum Gasteiger partial charge on any atom is -0.380 e. The van der Waals surface area contributed by atoms with Crippen LogP contribution in [0.4, 0.5) is 0 Å². The maximum Gasteiger partial charge on any atom is 0.239 e. The van der Waals surface area contributed by atoms with E-state index in [1.54, 1.807) is 12.0 Å². The largest absolute Gasteiger partial charge is 0.380 e. The van der Waals surface area contributed by atoms with Gasteiger partial charge in [0.05, 0.1) is 12.1 Å². The molecule has 0 aromatic heterocycles. The molecule has 0 spiro atoms. The molecule has 2 fully saturated rings. The second-order valence-electron chi connectivity index (χ2n) is 4.48. The highest BCUT2D eigenvalue weighted by Crippen LogP contribution is 2.12. The first-order valence-corrected chi connectivity index (χ1v) is 6.02. The van der Waals surface area contributed by atoms with Crippen molar-refractivity contribution in [1.82, 2.24) is 15.5 Å². The number of hydrogen-bond acceptors (Lipinski definition) is 4. The summed E-state index contributed by atoms with van der Waals surface area (Å²) in [7, 11) is 1.66. The standard InChI is InChI=1S/C11H19N3O3/c1-17-8-6-9(13-7-8)11(16)14-4-2-10(15)12-3-5-14/h8-9,13H,2-7H2,1H3,(H,12,15). The highest BCUT2D eigenvalue weighted by atomic mass is 16.5. The maximum absolute atomic E-state index is 12.2. The van der Waals surface area contributed by atoms with Gasteiger partial charge in [0.15, 0.2) is 0 Å². The Hall–Kier alpha value is -1.14. The lowest BCUT2D eigenvalue weighted by Gasteiger charge is -2.23. The Kier molecular flexibility index (Phi) is 3.96. The van der Waals surface area contributed by atoms with Gasteiger partial charge >= 0.3 is 0 Å². The number of carbonyl (C=O) groups excluding carboxylic acids is 2. The van der Waals surface area contributed by atoms with Gasteiger partial charge in [-0.2, -0.15) is 0 Å². The number of methoxy groups -OCH3 is 1. The Morgan fingerprint density at radius 3 is 3.00 bits per heavy atom. The van der Waals surface area contributed by atoms with Crippen LogP contribution in [0, 0.1) is 0 Å². The molecular formula is C11H19N3O3. The Balaban J connectivity index is 1.89. The molecule has 2 saturated heterocycles. The smallest absolute Gasteiger partial charge is 0.239 e. The van der Waals surface area contributed by atoms with Crippen molar-refractivity contribution in [3.8, 4) is 0 Å². The van der Waals surface area contributed by atoms with Gasteiger partial charge in [-0.25, -0.2) is 0 Å². The lowest BCUT2D eigenvalue weighted by Crippen LogP contribution is -2.44. The summed E-state index contributed by atoms with van der Waals surface area (Å²) in [5.41, 5.74) is 0. The van der Waals surface area contributed by atoms with Gasteiger partial charge in [0.1, 0.15) is 0 Å². The molecule has 2 unspecified atom stereocenters. The van der Waals surface area contributed by atoms with E-state index >= 15 is 0 Å². The molecule has 0 aromatic rings. The van der Waals surface area contributed by atoms with Crippen LogP contribution in [0.1, 0.15) is 12.8 Å². The molecule has 2 N–H and O–H groups in total. The molecule has 2 heterocycles. The molecule has 0 aromatic carbocycles. The number of ether oxygens (including phenoxy) is 1. The molecule has 2 amide bonds.